The van der Waals surface area contributed by atoms with E-state index in [1.165, 1.54) is 4.90 Å². The first-order valence-electron chi connectivity index (χ1n) is 9.90. The molecular weight excluding hydrogens is 398 g/mol. The van der Waals surface area contributed by atoms with E-state index in [9.17, 15) is 14.4 Å². The molecular formula is C23H25N3O5. The summed E-state index contributed by atoms with van der Waals surface area (Å²) in [7, 11) is 1.58. The third-order valence-corrected chi connectivity index (χ3v) is 4.75. The van der Waals surface area contributed by atoms with Gasteiger partial charge in [0.1, 0.15) is 30.8 Å². The molecule has 0 aliphatic carbocycles. The Morgan fingerprint density at radius 2 is 2.00 bits per heavy atom. The number of carbonyl (C=O) groups excluding carboxylic acids is 3. The van der Waals surface area contributed by atoms with E-state index in [1.54, 1.807) is 31.3 Å². The number of fused-ring (bicyclic) bond motifs is 1. The quantitative estimate of drug-likeness (QED) is 0.519. The van der Waals surface area contributed by atoms with Crippen LogP contribution in [-0.4, -0.2) is 50.6 Å². The summed E-state index contributed by atoms with van der Waals surface area (Å²) < 4.78 is 11.2. The normalized spacial score (nSPS) is 15.2. The topological polar surface area (TPSA) is 97.0 Å². The van der Waals surface area contributed by atoms with Crippen LogP contribution in [0.25, 0.3) is 0 Å². The van der Waals surface area contributed by atoms with Crippen LogP contribution in [0.15, 0.2) is 61.2 Å². The molecule has 3 amide bonds. The second-order valence-electron chi connectivity index (χ2n) is 6.96. The monoisotopic (exact) mass is 423 g/mol. The van der Waals surface area contributed by atoms with Gasteiger partial charge < -0.3 is 25.0 Å². The van der Waals surface area contributed by atoms with Gasteiger partial charge in [0.15, 0.2) is 0 Å². The minimum absolute atomic E-state index is 0.0912. The fourth-order valence-corrected chi connectivity index (χ4v) is 3.10. The van der Waals surface area contributed by atoms with Crippen molar-refractivity contribution in [2.75, 3.05) is 31.7 Å². The molecule has 0 aromatic heterocycles. The van der Waals surface area contributed by atoms with Crippen LogP contribution in [0.1, 0.15) is 5.56 Å². The van der Waals surface area contributed by atoms with E-state index in [0.29, 0.717) is 36.8 Å². The highest BCUT2D eigenvalue weighted by Gasteiger charge is 2.32. The number of likely N-dealkylation sites (N-methyl/N-ethyl adjacent to an activating group) is 1. The standard InChI is InChI=1S/C23H25N3O5/c1-3-13-30-17-9-10-20-19(14-17)26(2)23(29)18(15-31-20)25-22(28)21(27)24-12-11-16-7-5-4-6-8-16/h3-10,14,18H,1,11-13,15H2,2H3,(H,24,27)(H,25,28)/t18-/m0/s1. The smallest absolute Gasteiger partial charge is 0.310 e. The maximum Gasteiger partial charge on any atom is 0.310 e. The van der Waals surface area contributed by atoms with Crippen LogP contribution in [0, 0.1) is 0 Å². The number of ether oxygens (including phenoxy) is 2. The molecule has 8 nitrogen and oxygen atoms in total. The van der Waals surface area contributed by atoms with E-state index in [4.69, 9.17) is 9.47 Å². The fraction of sp³-hybridized carbons (Fsp3) is 0.261. The SMILES string of the molecule is C=CCOc1ccc2c(c1)N(C)C(=O)[C@@H](NC(=O)C(=O)NCCc1ccccc1)CO2. The maximum absolute atomic E-state index is 12.8. The summed E-state index contributed by atoms with van der Waals surface area (Å²) in [5, 5.41) is 5.02. The molecule has 3 rings (SSSR count). The number of hydrogen-bond acceptors (Lipinski definition) is 5. The molecule has 0 unspecified atom stereocenters. The van der Waals surface area contributed by atoms with Crippen LogP contribution in [0.4, 0.5) is 5.69 Å². The molecule has 1 atom stereocenters. The van der Waals surface area contributed by atoms with Crippen molar-refractivity contribution in [1.29, 1.82) is 0 Å². The van der Waals surface area contributed by atoms with E-state index in [2.05, 4.69) is 17.2 Å². The highest BCUT2D eigenvalue weighted by atomic mass is 16.5. The Morgan fingerprint density at radius 3 is 2.74 bits per heavy atom. The summed E-state index contributed by atoms with van der Waals surface area (Å²) in [5.41, 5.74) is 1.56. The second kappa shape index (κ2) is 10.3. The van der Waals surface area contributed by atoms with E-state index >= 15 is 0 Å². The predicted octanol–water partition coefficient (Wildman–Crippen LogP) is 1.45. The van der Waals surface area contributed by atoms with Gasteiger partial charge in [-0.2, -0.15) is 0 Å². The lowest BCUT2D eigenvalue weighted by atomic mass is 10.1. The molecule has 1 aliphatic rings. The summed E-state index contributed by atoms with van der Waals surface area (Å²) in [6.07, 6.45) is 2.22. The number of carbonyl (C=O) groups is 3. The third-order valence-electron chi connectivity index (χ3n) is 4.75. The van der Waals surface area contributed by atoms with E-state index in [0.717, 1.165) is 5.56 Å². The van der Waals surface area contributed by atoms with Crippen molar-refractivity contribution in [2.45, 2.75) is 12.5 Å². The zero-order chi connectivity index (χ0) is 22.2. The van der Waals surface area contributed by atoms with Crippen LogP contribution in [0.2, 0.25) is 0 Å². The average Bonchev–Trinajstić information content (AvgIpc) is 2.90. The van der Waals surface area contributed by atoms with Gasteiger partial charge in [-0.25, -0.2) is 0 Å². The summed E-state index contributed by atoms with van der Waals surface area (Å²) in [6, 6.07) is 13.7. The molecule has 0 saturated carbocycles. The van der Waals surface area contributed by atoms with Crippen molar-refractivity contribution < 1.29 is 23.9 Å². The molecule has 0 saturated heterocycles. The Balaban J connectivity index is 1.57. The Labute approximate surface area is 180 Å². The highest BCUT2D eigenvalue weighted by Crippen LogP contribution is 2.34. The van der Waals surface area contributed by atoms with E-state index in [-0.39, 0.29) is 6.61 Å². The van der Waals surface area contributed by atoms with Gasteiger partial charge in [0.2, 0.25) is 0 Å². The molecule has 0 spiro atoms. The Bertz CT molecular complexity index is 961. The molecule has 1 heterocycles. The Morgan fingerprint density at radius 1 is 1.23 bits per heavy atom. The van der Waals surface area contributed by atoms with Gasteiger partial charge in [-0.15, -0.1) is 0 Å². The van der Waals surface area contributed by atoms with E-state index in [1.807, 2.05) is 30.3 Å². The minimum atomic E-state index is -0.998. The lowest BCUT2D eigenvalue weighted by Crippen LogP contribution is -2.53. The van der Waals surface area contributed by atoms with Gasteiger partial charge in [-0.05, 0) is 24.1 Å². The number of rotatable bonds is 7. The number of anilines is 1. The number of nitrogens with zero attached hydrogens (tertiary/aromatic N) is 1. The van der Waals surface area contributed by atoms with Gasteiger partial charge >= 0.3 is 11.8 Å². The van der Waals surface area contributed by atoms with Gasteiger partial charge in [-0.3, -0.25) is 14.4 Å². The highest BCUT2D eigenvalue weighted by molar-refractivity contribution is 6.35. The summed E-state index contributed by atoms with van der Waals surface area (Å²) in [5.74, 6) is -1.05. The van der Waals surface area contributed by atoms with Gasteiger partial charge in [0.25, 0.3) is 5.91 Å². The van der Waals surface area contributed by atoms with Crippen LogP contribution in [0.3, 0.4) is 0 Å². The van der Waals surface area contributed by atoms with Crippen molar-refractivity contribution >= 4 is 23.4 Å². The zero-order valence-corrected chi connectivity index (χ0v) is 17.3. The number of nitrogens with one attached hydrogen (secondary N) is 2. The fourth-order valence-electron chi connectivity index (χ4n) is 3.10. The molecule has 31 heavy (non-hydrogen) atoms. The summed E-state index contributed by atoms with van der Waals surface area (Å²) >= 11 is 0. The van der Waals surface area contributed by atoms with Crippen molar-refractivity contribution in [3.63, 3.8) is 0 Å². The van der Waals surface area contributed by atoms with Crippen LogP contribution < -0.4 is 25.0 Å². The molecule has 2 N–H and O–H groups in total. The van der Waals surface area contributed by atoms with Crippen molar-refractivity contribution in [3.05, 3.63) is 66.7 Å². The lowest BCUT2D eigenvalue weighted by molar-refractivity contribution is -0.140. The lowest BCUT2D eigenvalue weighted by Gasteiger charge is -2.20. The van der Waals surface area contributed by atoms with Crippen LogP contribution in [-0.2, 0) is 20.8 Å². The third kappa shape index (κ3) is 5.63. The first-order valence-corrected chi connectivity index (χ1v) is 9.90. The Kier molecular flexibility index (Phi) is 7.26. The summed E-state index contributed by atoms with van der Waals surface area (Å²) in [6.45, 7) is 4.15. The molecule has 2 aromatic rings. The maximum atomic E-state index is 12.8. The van der Waals surface area contributed by atoms with Crippen molar-refractivity contribution in [3.8, 4) is 11.5 Å². The van der Waals surface area contributed by atoms with Crippen molar-refractivity contribution in [2.24, 2.45) is 0 Å². The van der Waals surface area contributed by atoms with Gasteiger partial charge in [0, 0.05) is 19.7 Å². The molecule has 1 aliphatic heterocycles. The zero-order valence-electron chi connectivity index (χ0n) is 17.3. The first-order chi connectivity index (χ1) is 15.0. The molecule has 0 bridgehead atoms. The predicted molar refractivity (Wildman–Crippen MR) is 116 cm³/mol. The molecule has 0 radical (unpaired) electrons. The van der Waals surface area contributed by atoms with Crippen LogP contribution in [0.5, 0.6) is 11.5 Å². The number of benzene rings is 2. The Hall–Kier alpha value is -3.81. The molecule has 8 heteroatoms. The number of hydrogen-bond donors (Lipinski definition) is 2. The molecule has 162 valence electrons. The van der Waals surface area contributed by atoms with Crippen LogP contribution >= 0.6 is 0 Å². The average molecular weight is 423 g/mol. The minimum Gasteiger partial charge on any atom is -0.489 e. The van der Waals surface area contributed by atoms with Gasteiger partial charge in [-0.1, -0.05) is 43.0 Å². The summed E-state index contributed by atoms with van der Waals surface area (Å²) in [4.78, 5) is 38.6. The van der Waals surface area contributed by atoms with Gasteiger partial charge in [0.05, 0.1) is 5.69 Å². The first kappa shape index (κ1) is 21.9. The van der Waals surface area contributed by atoms with Crippen molar-refractivity contribution in [1.82, 2.24) is 10.6 Å². The molecule has 2 aromatic carbocycles. The second-order valence-corrected chi connectivity index (χ2v) is 6.96. The van der Waals surface area contributed by atoms with E-state index < -0.39 is 23.8 Å². The number of amides is 3. The molecule has 0 fully saturated rings. The largest absolute Gasteiger partial charge is 0.489 e.